The molecule has 0 atom stereocenters. The second-order valence-corrected chi connectivity index (χ2v) is 5.87. The Kier molecular flexibility index (Phi) is 3.10. The van der Waals surface area contributed by atoms with Gasteiger partial charge in [-0.05, 0) is 18.6 Å². The van der Waals surface area contributed by atoms with Gasteiger partial charge in [0.1, 0.15) is 16.3 Å². The topological polar surface area (TPSA) is 48.1 Å². The van der Waals surface area contributed by atoms with Crippen LogP contribution >= 0.6 is 11.3 Å². The molecule has 0 spiro atoms. The van der Waals surface area contributed by atoms with Gasteiger partial charge in [-0.3, -0.25) is 0 Å². The maximum Gasteiger partial charge on any atom is 0.145 e. The van der Waals surface area contributed by atoms with Gasteiger partial charge in [0, 0.05) is 12.0 Å². The molecule has 2 N–H and O–H groups in total. The van der Waals surface area contributed by atoms with Crippen molar-refractivity contribution in [1.82, 2.24) is 4.98 Å². The zero-order valence-corrected chi connectivity index (χ0v) is 11.5. The van der Waals surface area contributed by atoms with Crippen molar-refractivity contribution in [2.24, 2.45) is 5.73 Å². The minimum atomic E-state index is -0.0822. The molecule has 0 bridgehead atoms. The first-order valence-corrected chi connectivity index (χ1v) is 6.46. The fourth-order valence-corrected chi connectivity index (χ4v) is 2.81. The molecule has 2 rings (SSSR count). The number of ether oxygens (including phenoxy) is 1. The highest BCUT2D eigenvalue weighted by Gasteiger charge is 2.24. The normalized spacial score (nSPS) is 12.1. The lowest BCUT2D eigenvalue weighted by Gasteiger charge is -2.18. The highest BCUT2D eigenvalue weighted by molar-refractivity contribution is 7.19. The molecule has 0 unspecified atom stereocenters. The van der Waals surface area contributed by atoms with Gasteiger partial charge in [0.2, 0.25) is 0 Å². The summed E-state index contributed by atoms with van der Waals surface area (Å²) in [6.07, 6.45) is 0. The van der Waals surface area contributed by atoms with Gasteiger partial charge >= 0.3 is 0 Å². The highest BCUT2D eigenvalue weighted by Crippen LogP contribution is 2.36. The lowest BCUT2D eigenvalue weighted by molar-refractivity contribution is 0.418. The van der Waals surface area contributed by atoms with Gasteiger partial charge in [-0.25, -0.2) is 4.98 Å². The Balaban J connectivity index is 2.68. The largest absolute Gasteiger partial charge is 0.494 e. The summed E-state index contributed by atoms with van der Waals surface area (Å²) in [6.45, 7) is 6.92. The van der Waals surface area contributed by atoms with Crippen LogP contribution in [-0.4, -0.2) is 18.6 Å². The van der Waals surface area contributed by atoms with Crippen LogP contribution in [0.15, 0.2) is 12.1 Å². The van der Waals surface area contributed by atoms with E-state index in [1.54, 1.807) is 18.4 Å². The number of methoxy groups -OCH3 is 1. The third kappa shape index (κ3) is 2.03. The number of nitrogens with two attached hydrogens (primary N) is 1. The molecule has 3 nitrogen and oxygen atoms in total. The third-order valence-electron chi connectivity index (χ3n) is 3.01. The molecule has 0 fully saturated rings. The Bertz CT molecular complexity index is 546. The number of fused-ring (bicyclic) bond motifs is 1. The lowest BCUT2D eigenvalue weighted by Crippen LogP contribution is -2.27. The number of aryl methyl sites for hydroxylation is 1. The maximum absolute atomic E-state index is 5.80. The number of hydrogen-bond donors (Lipinski definition) is 1. The molecule has 1 aromatic heterocycles. The van der Waals surface area contributed by atoms with E-state index in [9.17, 15) is 0 Å². The Morgan fingerprint density at radius 1 is 1.41 bits per heavy atom. The zero-order chi connectivity index (χ0) is 12.6. The molecule has 0 aliphatic rings. The molecule has 92 valence electrons. The standard InChI is InChI=1S/C13H18N2OS/c1-8-5-6-9(16-4)10-11(8)17-12(15-10)13(2,3)7-14/h5-6H,7,14H2,1-4H3. The minimum absolute atomic E-state index is 0.0822. The molecular weight excluding hydrogens is 232 g/mol. The van der Waals surface area contributed by atoms with Crippen LogP contribution < -0.4 is 10.5 Å². The van der Waals surface area contributed by atoms with Crippen molar-refractivity contribution < 1.29 is 4.74 Å². The summed E-state index contributed by atoms with van der Waals surface area (Å²) in [4.78, 5) is 4.70. The first-order valence-electron chi connectivity index (χ1n) is 5.64. The molecule has 1 aromatic carbocycles. The van der Waals surface area contributed by atoms with Crippen LogP contribution in [0, 0.1) is 6.92 Å². The fraction of sp³-hybridized carbons (Fsp3) is 0.462. The van der Waals surface area contributed by atoms with Gasteiger partial charge in [0.05, 0.1) is 11.8 Å². The first-order chi connectivity index (χ1) is 7.99. The zero-order valence-electron chi connectivity index (χ0n) is 10.7. The minimum Gasteiger partial charge on any atom is -0.494 e. The number of nitrogens with zero attached hydrogens (tertiary/aromatic N) is 1. The van der Waals surface area contributed by atoms with Crippen molar-refractivity contribution in [1.29, 1.82) is 0 Å². The molecule has 0 amide bonds. The van der Waals surface area contributed by atoms with E-state index in [2.05, 4.69) is 26.8 Å². The second-order valence-electron chi connectivity index (χ2n) is 4.87. The van der Waals surface area contributed by atoms with Crippen LogP contribution in [0.5, 0.6) is 5.75 Å². The Hall–Kier alpha value is -1.13. The Morgan fingerprint density at radius 2 is 2.12 bits per heavy atom. The molecule has 4 heteroatoms. The van der Waals surface area contributed by atoms with Gasteiger partial charge in [-0.1, -0.05) is 19.9 Å². The summed E-state index contributed by atoms with van der Waals surface area (Å²) < 4.78 is 6.55. The van der Waals surface area contributed by atoms with Crippen LogP contribution in [0.4, 0.5) is 0 Å². The molecule has 17 heavy (non-hydrogen) atoms. The van der Waals surface area contributed by atoms with Crippen molar-refractivity contribution in [3.8, 4) is 5.75 Å². The van der Waals surface area contributed by atoms with E-state index < -0.39 is 0 Å². The van der Waals surface area contributed by atoms with Crippen LogP contribution in [0.25, 0.3) is 10.2 Å². The summed E-state index contributed by atoms with van der Waals surface area (Å²) in [5.41, 5.74) is 7.91. The lowest BCUT2D eigenvalue weighted by atomic mass is 9.95. The van der Waals surface area contributed by atoms with E-state index >= 15 is 0 Å². The average molecular weight is 250 g/mol. The van der Waals surface area contributed by atoms with E-state index in [-0.39, 0.29) is 5.41 Å². The van der Waals surface area contributed by atoms with Crippen LogP contribution in [0.3, 0.4) is 0 Å². The van der Waals surface area contributed by atoms with Gasteiger partial charge in [-0.15, -0.1) is 11.3 Å². The number of aromatic nitrogens is 1. The summed E-state index contributed by atoms with van der Waals surface area (Å²) in [5.74, 6) is 0.834. The molecule has 0 radical (unpaired) electrons. The molecule has 2 aromatic rings. The number of hydrogen-bond acceptors (Lipinski definition) is 4. The second kappa shape index (κ2) is 4.27. The maximum atomic E-state index is 5.80. The van der Waals surface area contributed by atoms with Crippen molar-refractivity contribution >= 4 is 21.6 Å². The number of benzene rings is 1. The van der Waals surface area contributed by atoms with Crippen LogP contribution in [-0.2, 0) is 5.41 Å². The van der Waals surface area contributed by atoms with Crippen molar-refractivity contribution in [3.05, 3.63) is 22.7 Å². The molecule has 0 saturated heterocycles. The highest BCUT2D eigenvalue weighted by atomic mass is 32.1. The molecule has 0 saturated carbocycles. The average Bonchev–Trinajstić information content (AvgIpc) is 2.76. The summed E-state index contributed by atoms with van der Waals surface area (Å²) in [5, 5.41) is 1.07. The van der Waals surface area contributed by atoms with E-state index in [0.717, 1.165) is 16.3 Å². The quantitative estimate of drug-likeness (QED) is 0.911. The third-order valence-corrected chi connectivity index (χ3v) is 4.57. The monoisotopic (exact) mass is 250 g/mol. The number of rotatable bonds is 3. The summed E-state index contributed by atoms with van der Waals surface area (Å²) in [6, 6.07) is 4.04. The van der Waals surface area contributed by atoms with Gasteiger partial charge in [-0.2, -0.15) is 0 Å². The van der Waals surface area contributed by atoms with E-state index in [1.807, 2.05) is 6.07 Å². The summed E-state index contributed by atoms with van der Waals surface area (Å²) >= 11 is 1.71. The van der Waals surface area contributed by atoms with Crippen molar-refractivity contribution in [2.75, 3.05) is 13.7 Å². The SMILES string of the molecule is COc1ccc(C)c2sc(C(C)(C)CN)nc12. The molecule has 0 aliphatic heterocycles. The van der Waals surface area contributed by atoms with Gasteiger partial charge in [0.25, 0.3) is 0 Å². The predicted octanol–water partition coefficient (Wildman–Crippen LogP) is 2.85. The number of thiazole rings is 1. The van der Waals surface area contributed by atoms with Gasteiger partial charge in [0.15, 0.2) is 0 Å². The van der Waals surface area contributed by atoms with E-state index in [4.69, 9.17) is 15.5 Å². The predicted molar refractivity (Wildman–Crippen MR) is 73.0 cm³/mol. The van der Waals surface area contributed by atoms with Crippen molar-refractivity contribution in [3.63, 3.8) is 0 Å². The van der Waals surface area contributed by atoms with Crippen LogP contribution in [0.2, 0.25) is 0 Å². The van der Waals surface area contributed by atoms with E-state index in [1.165, 1.54) is 10.3 Å². The molecular formula is C13H18N2OS. The van der Waals surface area contributed by atoms with Crippen molar-refractivity contribution in [2.45, 2.75) is 26.2 Å². The smallest absolute Gasteiger partial charge is 0.145 e. The molecule has 1 heterocycles. The Labute approximate surface area is 106 Å². The van der Waals surface area contributed by atoms with E-state index in [0.29, 0.717) is 6.54 Å². The van der Waals surface area contributed by atoms with Crippen LogP contribution in [0.1, 0.15) is 24.4 Å². The summed E-state index contributed by atoms with van der Waals surface area (Å²) in [7, 11) is 1.68. The Morgan fingerprint density at radius 3 is 2.71 bits per heavy atom. The van der Waals surface area contributed by atoms with Gasteiger partial charge < -0.3 is 10.5 Å². The first kappa shape index (κ1) is 12.3. The fourth-order valence-electron chi connectivity index (χ4n) is 1.65. The molecule has 0 aliphatic carbocycles.